The van der Waals surface area contributed by atoms with Crippen LogP contribution in [0, 0.1) is 10.8 Å². The molecule has 0 aliphatic carbocycles. The Labute approximate surface area is 254 Å². The van der Waals surface area contributed by atoms with Crippen molar-refractivity contribution in [2.75, 3.05) is 53.5 Å². The summed E-state index contributed by atoms with van der Waals surface area (Å²) in [5, 5.41) is 46.7. The highest BCUT2D eigenvalue weighted by molar-refractivity contribution is 7.69. The van der Waals surface area contributed by atoms with E-state index in [0.29, 0.717) is 12.8 Å². The molecular formula is C30H46N5O7P. The minimum atomic E-state index is -2.74. The van der Waals surface area contributed by atoms with Gasteiger partial charge in [0.15, 0.2) is 6.29 Å². The molecule has 2 bridgehead atoms. The number of aliphatic imine (C=N–C) groups is 1. The third kappa shape index (κ3) is 7.69. The van der Waals surface area contributed by atoms with E-state index in [-0.39, 0.29) is 26.2 Å². The zero-order chi connectivity index (χ0) is 31.7. The number of rotatable bonds is 15. The number of aliphatic hydroxyl groups is 2. The quantitative estimate of drug-likeness (QED) is 0.0453. The fraction of sp³-hybridized carbons (Fsp3) is 0.567. The SMILES string of the molecule is C=C/C=C\C=N/C[C@H]1N(C)CC2(C(=O)O)CN(C(CCCCNC)C(=O)O)CC=CC1(C(O)O)C2OP1(C)=CC=CC=N1. The van der Waals surface area contributed by atoms with E-state index in [1.807, 2.05) is 7.05 Å². The van der Waals surface area contributed by atoms with Crippen LogP contribution in [-0.4, -0.2) is 138 Å². The number of unbranched alkanes of at least 4 members (excludes halogenated alkanes) is 1. The molecule has 1 saturated heterocycles. The number of piperidine rings is 1. The molecule has 13 heteroatoms. The van der Waals surface area contributed by atoms with Crippen molar-refractivity contribution in [3.63, 3.8) is 0 Å². The highest BCUT2D eigenvalue weighted by Crippen LogP contribution is 2.58. The number of carboxylic acid groups (broad SMARTS) is 2. The Morgan fingerprint density at radius 2 is 2.02 bits per heavy atom. The molecule has 3 aliphatic rings. The minimum Gasteiger partial charge on any atom is -0.481 e. The second kappa shape index (κ2) is 15.3. The van der Waals surface area contributed by atoms with Crippen molar-refractivity contribution in [3.8, 4) is 0 Å². The van der Waals surface area contributed by atoms with Crippen LogP contribution in [0.15, 0.2) is 58.9 Å². The molecule has 0 spiro atoms. The number of carbonyl (C=O) groups is 2. The molecule has 0 saturated carbocycles. The van der Waals surface area contributed by atoms with Gasteiger partial charge in [-0.15, -0.1) is 0 Å². The third-order valence-electron chi connectivity index (χ3n) is 8.47. The number of nitrogens with one attached hydrogen (secondary N) is 1. The zero-order valence-corrected chi connectivity index (χ0v) is 26.1. The summed E-state index contributed by atoms with van der Waals surface area (Å²) in [4.78, 5) is 34.0. The maximum Gasteiger partial charge on any atom is 0.320 e. The van der Waals surface area contributed by atoms with Gasteiger partial charge in [-0.05, 0) is 58.1 Å². The lowest BCUT2D eigenvalue weighted by atomic mass is 9.59. The minimum absolute atomic E-state index is 0.0415. The van der Waals surface area contributed by atoms with Gasteiger partial charge in [-0.25, -0.2) is 4.76 Å². The summed E-state index contributed by atoms with van der Waals surface area (Å²) < 4.78 is 11.3. The summed E-state index contributed by atoms with van der Waals surface area (Å²) in [6, 6.07) is -1.62. The van der Waals surface area contributed by atoms with Gasteiger partial charge in [-0.1, -0.05) is 43.4 Å². The van der Waals surface area contributed by atoms with E-state index in [4.69, 9.17) is 4.52 Å². The summed E-state index contributed by atoms with van der Waals surface area (Å²) in [6.45, 7) is 6.17. The average molecular weight is 620 g/mol. The summed E-state index contributed by atoms with van der Waals surface area (Å²) >= 11 is 0. The van der Waals surface area contributed by atoms with Crippen LogP contribution < -0.4 is 5.32 Å². The molecule has 0 aromatic rings. The molecule has 43 heavy (non-hydrogen) atoms. The lowest BCUT2D eigenvalue weighted by Crippen LogP contribution is -2.75. The zero-order valence-electron chi connectivity index (χ0n) is 25.2. The highest BCUT2D eigenvalue weighted by atomic mass is 31.2. The smallest absolute Gasteiger partial charge is 0.320 e. The summed E-state index contributed by atoms with van der Waals surface area (Å²) in [5.74, 6) is -0.467. The fourth-order valence-electron chi connectivity index (χ4n) is 6.39. The van der Waals surface area contributed by atoms with Crippen molar-refractivity contribution in [1.82, 2.24) is 15.1 Å². The Hall–Kier alpha value is -2.70. The normalized spacial score (nSPS) is 32.1. The second-order valence-corrected chi connectivity index (χ2v) is 14.0. The molecule has 3 aliphatic heterocycles. The predicted molar refractivity (Wildman–Crippen MR) is 171 cm³/mol. The van der Waals surface area contributed by atoms with Crippen molar-refractivity contribution < 1.29 is 34.5 Å². The molecule has 0 aromatic carbocycles. The lowest BCUT2D eigenvalue weighted by molar-refractivity contribution is -0.233. The Bertz CT molecular complexity index is 1220. The number of carboxylic acids is 2. The van der Waals surface area contributed by atoms with E-state index in [9.17, 15) is 30.0 Å². The molecule has 5 N–H and O–H groups in total. The van der Waals surface area contributed by atoms with Crippen LogP contribution in [0.5, 0.6) is 0 Å². The lowest BCUT2D eigenvalue weighted by Gasteiger charge is -2.60. The molecule has 6 atom stereocenters. The van der Waals surface area contributed by atoms with Crippen molar-refractivity contribution >= 4 is 37.4 Å². The van der Waals surface area contributed by atoms with Crippen LogP contribution in [0.1, 0.15) is 19.3 Å². The van der Waals surface area contributed by atoms with Gasteiger partial charge >= 0.3 is 11.9 Å². The summed E-state index contributed by atoms with van der Waals surface area (Å²) in [7, 11) is 0.815. The van der Waals surface area contributed by atoms with Crippen molar-refractivity contribution in [2.45, 2.75) is 43.7 Å². The number of aliphatic carboxylic acids is 2. The Morgan fingerprint density at radius 3 is 2.63 bits per heavy atom. The highest BCUT2D eigenvalue weighted by Gasteiger charge is 2.67. The van der Waals surface area contributed by atoms with Crippen LogP contribution in [0.3, 0.4) is 0 Å². The van der Waals surface area contributed by atoms with Crippen molar-refractivity contribution in [2.24, 2.45) is 20.6 Å². The van der Waals surface area contributed by atoms with Crippen LogP contribution >= 0.6 is 7.26 Å². The molecule has 12 nitrogen and oxygen atoms in total. The monoisotopic (exact) mass is 619 g/mol. The number of likely N-dealkylation sites (tertiary alicyclic amines) is 1. The van der Waals surface area contributed by atoms with Gasteiger partial charge in [0.25, 0.3) is 0 Å². The van der Waals surface area contributed by atoms with E-state index < -0.39 is 54.5 Å². The Balaban J connectivity index is 2.21. The first-order valence-corrected chi connectivity index (χ1v) is 16.6. The van der Waals surface area contributed by atoms with Gasteiger partial charge in [0.1, 0.15) is 18.7 Å². The van der Waals surface area contributed by atoms with Crippen LogP contribution in [0.25, 0.3) is 0 Å². The first-order valence-electron chi connectivity index (χ1n) is 14.4. The van der Waals surface area contributed by atoms with E-state index in [2.05, 4.69) is 21.7 Å². The molecule has 0 amide bonds. The van der Waals surface area contributed by atoms with Gasteiger partial charge < -0.3 is 30.3 Å². The number of hydrogen-bond donors (Lipinski definition) is 5. The average Bonchev–Trinajstić information content (AvgIpc) is 2.94. The van der Waals surface area contributed by atoms with Gasteiger partial charge in [-0.2, -0.15) is 0 Å². The second-order valence-electron chi connectivity index (χ2n) is 11.4. The van der Waals surface area contributed by atoms with Gasteiger partial charge in [-0.3, -0.25) is 24.4 Å². The van der Waals surface area contributed by atoms with E-state index in [0.717, 1.165) is 13.0 Å². The standard InChI is InChI=1S/C30H46N5O7P/c1-5-6-8-16-32-20-24-30(28(40)41)14-12-18-35(23(25(36)37)13-7-9-15-31-2)22-29(27(38)39,21-34(24)3)26(30)42-43(4)19-11-10-17-33-43/h5-6,8,10-12,14,16-17,19,23-24,26,28,31,40-41H,1,7,9,13,15,18,20-22H2,2-4H3,(H,36,37)(H,38,39)/b8-6-,14-12?,32-16-/t23?,24-,26?,29?,30?,43?/m1/s1. The molecule has 3 heterocycles. The molecule has 3 rings (SSSR count). The van der Waals surface area contributed by atoms with E-state index in [1.165, 1.54) is 0 Å². The van der Waals surface area contributed by atoms with Crippen LogP contribution in [0.4, 0.5) is 0 Å². The van der Waals surface area contributed by atoms with Crippen molar-refractivity contribution in [3.05, 3.63) is 49.1 Å². The topological polar surface area (TPSA) is 168 Å². The summed E-state index contributed by atoms with van der Waals surface area (Å²) in [6.07, 6.45) is 13.4. The fourth-order valence-corrected chi connectivity index (χ4v) is 8.16. The van der Waals surface area contributed by atoms with Gasteiger partial charge in [0.2, 0.25) is 0 Å². The van der Waals surface area contributed by atoms with E-state index in [1.54, 1.807) is 84.3 Å². The molecular weight excluding hydrogens is 573 g/mol. The predicted octanol–water partition coefficient (Wildman–Crippen LogP) is 1.50. The van der Waals surface area contributed by atoms with Gasteiger partial charge in [0, 0.05) is 38.1 Å². The Morgan fingerprint density at radius 1 is 1.26 bits per heavy atom. The largest absolute Gasteiger partial charge is 0.481 e. The number of likely N-dealkylation sites (N-methyl/N-ethyl adjacent to an activating group) is 1. The molecule has 0 radical (unpaired) electrons. The van der Waals surface area contributed by atoms with E-state index >= 15 is 0 Å². The maximum atomic E-state index is 13.5. The number of fused-ring (bicyclic) bond motifs is 2. The summed E-state index contributed by atoms with van der Waals surface area (Å²) in [5.41, 5.74) is -3.39. The Kier molecular flexibility index (Phi) is 12.4. The molecule has 1 fully saturated rings. The third-order valence-corrected chi connectivity index (χ3v) is 10.4. The first kappa shape index (κ1) is 34.8. The number of nitrogens with zero attached hydrogens (tertiary/aromatic N) is 4. The maximum absolute atomic E-state index is 13.5. The first-order chi connectivity index (χ1) is 20.5. The number of aliphatic hydroxyl groups excluding tert-OH is 1. The molecule has 0 aromatic heterocycles. The van der Waals surface area contributed by atoms with Gasteiger partial charge in [0.05, 0.1) is 18.1 Å². The molecule has 238 valence electrons. The number of allylic oxidation sites excluding steroid dienone is 5. The van der Waals surface area contributed by atoms with Crippen LogP contribution in [0.2, 0.25) is 0 Å². The van der Waals surface area contributed by atoms with Crippen LogP contribution in [-0.2, 0) is 14.1 Å². The molecule has 5 unspecified atom stereocenters. The van der Waals surface area contributed by atoms with Crippen molar-refractivity contribution in [1.29, 1.82) is 0 Å². The number of hydrogen-bond acceptors (Lipinski definition) is 10.